The molecule has 2 aromatic rings. The second-order valence-electron chi connectivity index (χ2n) is 5.17. The number of rotatable bonds is 3. The average molecular weight is 364 g/mol. The lowest BCUT2D eigenvalue weighted by Gasteiger charge is -2.21. The van der Waals surface area contributed by atoms with Crippen molar-refractivity contribution in [3.8, 4) is 5.75 Å². The Hall–Kier alpha value is -2.37. The molecule has 5 nitrogen and oxygen atoms in total. The molecule has 0 spiro atoms. The standard InChI is InChI=1S/C17H11Cl2NO4/c1-9(17(23)24-13-8-4-7-12(18)14(13)19)20-15(21)10-5-2-3-6-11(10)16(20)22/h2-9H,1H3/t9-/m1/s1. The van der Waals surface area contributed by atoms with Crippen molar-refractivity contribution in [3.63, 3.8) is 0 Å². The molecule has 0 unspecified atom stereocenters. The van der Waals surface area contributed by atoms with Gasteiger partial charge in [0, 0.05) is 0 Å². The number of fused-ring (bicyclic) bond motifs is 1. The number of halogens is 2. The van der Waals surface area contributed by atoms with Gasteiger partial charge >= 0.3 is 5.97 Å². The highest BCUT2D eigenvalue weighted by Gasteiger charge is 2.41. The minimum Gasteiger partial charge on any atom is -0.423 e. The van der Waals surface area contributed by atoms with E-state index in [0.29, 0.717) is 0 Å². The molecule has 2 amide bonds. The van der Waals surface area contributed by atoms with Crippen molar-refractivity contribution in [3.05, 3.63) is 63.6 Å². The van der Waals surface area contributed by atoms with Gasteiger partial charge in [-0.2, -0.15) is 0 Å². The lowest BCUT2D eigenvalue weighted by Crippen LogP contribution is -2.44. The zero-order valence-corrected chi connectivity index (χ0v) is 14.0. The van der Waals surface area contributed by atoms with E-state index >= 15 is 0 Å². The Morgan fingerprint density at radius 2 is 1.58 bits per heavy atom. The van der Waals surface area contributed by atoms with E-state index < -0.39 is 23.8 Å². The fourth-order valence-electron chi connectivity index (χ4n) is 2.42. The number of amides is 2. The highest BCUT2D eigenvalue weighted by molar-refractivity contribution is 6.43. The van der Waals surface area contributed by atoms with Crippen molar-refractivity contribution in [2.45, 2.75) is 13.0 Å². The van der Waals surface area contributed by atoms with Gasteiger partial charge in [-0.25, -0.2) is 4.79 Å². The summed E-state index contributed by atoms with van der Waals surface area (Å²) in [5.41, 5.74) is 0.533. The predicted molar refractivity (Wildman–Crippen MR) is 88.5 cm³/mol. The number of hydrogen-bond donors (Lipinski definition) is 0. The molecule has 0 fully saturated rings. The first-order valence-corrected chi connectivity index (χ1v) is 7.80. The summed E-state index contributed by atoms with van der Waals surface area (Å²) in [6, 6.07) is 9.89. The van der Waals surface area contributed by atoms with Crippen LogP contribution in [-0.2, 0) is 4.79 Å². The van der Waals surface area contributed by atoms with Gasteiger partial charge in [-0.05, 0) is 31.2 Å². The van der Waals surface area contributed by atoms with Crippen molar-refractivity contribution in [2.75, 3.05) is 0 Å². The fraction of sp³-hybridized carbons (Fsp3) is 0.118. The molecule has 0 saturated carbocycles. The fourth-order valence-corrected chi connectivity index (χ4v) is 2.75. The van der Waals surface area contributed by atoms with Crippen LogP contribution in [0.15, 0.2) is 42.5 Å². The molecule has 1 atom stereocenters. The maximum absolute atomic E-state index is 12.4. The molecule has 122 valence electrons. The third-order valence-electron chi connectivity index (χ3n) is 3.68. The molecule has 0 aromatic heterocycles. The molecule has 24 heavy (non-hydrogen) atoms. The number of carbonyl (C=O) groups is 3. The third-order valence-corrected chi connectivity index (χ3v) is 4.48. The largest absolute Gasteiger partial charge is 0.423 e. The topological polar surface area (TPSA) is 63.7 Å². The number of nitrogens with zero attached hydrogens (tertiary/aromatic N) is 1. The molecule has 0 bridgehead atoms. The van der Waals surface area contributed by atoms with Gasteiger partial charge in [0.1, 0.15) is 11.1 Å². The van der Waals surface area contributed by atoms with Crippen molar-refractivity contribution < 1.29 is 19.1 Å². The summed E-state index contributed by atoms with van der Waals surface area (Å²) in [4.78, 5) is 38.0. The van der Waals surface area contributed by atoms with Crippen molar-refractivity contribution in [2.24, 2.45) is 0 Å². The van der Waals surface area contributed by atoms with Crippen LogP contribution in [0.1, 0.15) is 27.6 Å². The van der Waals surface area contributed by atoms with E-state index in [1.807, 2.05) is 0 Å². The van der Waals surface area contributed by atoms with Crippen LogP contribution in [-0.4, -0.2) is 28.7 Å². The summed E-state index contributed by atoms with van der Waals surface area (Å²) >= 11 is 11.8. The van der Waals surface area contributed by atoms with E-state index in [1.165, 1.54) is 13.0 Å². The monoisotopic (exact) mass is 363 g/mol. The quantitative estimate of drug-likeness (QED) is 0.474. The minimum absolute atomic E-state index is 0.0672. The van der Waals surface area contributed by atoms with Crippen LogP contribution < -0.4 is 4.74 Å². The summed E-state index contributed by atoms with van der Waals surface area (Å²) in [6.45, 7) is 1.42. The highest BCUT2D eigenvalue weighted by Crippen LogP contribution is 2.32. The van der Waals surface area contributed by atoms with Gasteiger partial charge in [-0.3, -0.25) is 14.5 Å². The maximum Gasteiger partial charge on any atom is 0.334 e. The Morgan fingerprint density at radius 1 is 1.00 bits per heavy atom. The molecule has 0 radical (unpaired) electrons. The molecular weight excluding hydrogens is 353 g/mol. The average Bonchev–Trinajstić information content (AvgIpc) is 2.83. The van der Waals surface area contributed by atoms with Gasteiger partial charge < -0.3 is 4.74 Å². The summed E-state index contributed by atoms with van der Waals surface area (Å²) in [7, 11) is 0. The first-order chi connectivity index (χ1) is 11.4. The van der Waals surface area contributed by atoms with Gasteiger partial charge in [0.25, 0.3) is 11.8 Å². The lowest BCUT2D eigenvalue weighted by molar-refractivity contribution is -0.138. The number of hydrogen-bond acceptors (Lipinski definition) is 4. The van der Waals surface area contributed by atoms with E-state index in [-0.39, 0.29) is 26.9 Å². The van der Waals surface area contributed by atoms with Crippen LogP contribution in [0.3, 0.4) is 0 Å². The Morgan fingerprint density at radius 3 is 2.17 bits per heavy atom. The van der Waals surface area contributed by atoms with Crippen LogP contribution in [0, 0.1) is 0 Å². The SMILES string of the molecule is C[C@H](C(=O)Oc1cccc(Cl)c1Cl)N1C(=O)c2ccccc2C1=O. The van der Waals surface area contributed by atoms with Crippen molar-refractivity contribution in [1.82, 2.24) is 4.90 Å². The molecule has 0 aliphatic carbocycles. The summed E-state index contributed by atoms with van der Waals surface area (Å²) in [6.07, 6.45) is 0. The van der Waals surface area contributed by atoms with E-state index in [2.05, 4.69) is 0 Å². The maximum atomic E-state index is 12.4. The normalized spacial score (nSPS) is 14.5. The lowest BCUT2D eigenvalue weighted by atomic mass is 10.1. The predicted octanol–water partition coefficient (Wildman–Crippen LogP) is 3.58. The Balaban J connectivity index is 1.83. The van der Waals surface area contributed by atoms with E-state index in [4.69, 9.17) is 27.9 Å². The second-order valence-corrected chi connectivity index (χ2v) is 5.96. The van der Waals surface area contributed by atoms with Gasteiger partial charge in [-0.15, -0.1) is 0 Å². The summed E-state index contributed by atoms with van der Waals surface area (Å²) in [5.74, 6) is -1.78. The minimum atomic E-state index is -1.10. The number of ether oxygens (including phenoxy) is 1. The van der Waals surface area contributed by atoms with Gasteiger partial charge in [-0.1, -0.05) is 41.4 Å². The molecule has 1 aliphatic heterocycles. The summed E-state index contributed by atoms with van der Waals surface area (Å²) in [5, 5.41) is 0.317. The van der Waals surface area contributed by atoms with E-state index in [1.54, 1.807) is 36.4 Å². The van der Waals surface area contributed by atoms with Crippen LogP contribution in [0.4, 0.5) is 0 Å². The van der Waals surface area contributed by atoms with Crippen molar-refractivity contribution >= 4 is 41.0 Å². The van der Waals surface area contributed by atoms with E-state index in [0.717, 1.165) is 4.90 Å². The van der Waals surface area contributed by atoms with Crippen LogP contribution in [0.25, 0.3) is 0 Å². The van der Waals surface area contributed by atoms with Crippen LogP contribution in [0.5, 0.6) is 5.75 Å². The molecule has 7 heteroatoms. The molecule has 2 aromatic carbocycles. The third kappa shape index (κ3) is 2.66. The number of carbonyl (C=O) groups excluding carboxylic acids is 3. The Bertz CT molecular complexity index is 830. The zero-order chi connectivity index (χ0) is 17.4. The van der Waals surface area contributed by atoms with Gasteiger partial charge in [0.15, 0.2) is 5.75 Å². The van der Waals surface area contributed by atoms with Gasteiger partial charge in [0.2, 0.25) is 0 Å². The van der Waals surface area contributed by atoms with Gasteiger partial charge in [0.05, 0.1) is 16.1 Å². The Labute approximate surface area is 147 Å². The number of esters is 1. The molecular formula is C17H11Cl2NO4. The molecule has 1 aliphatic rings. The molecule has 0 N–H and O–H groups in total. The van der Waals surface area contributed by atoms with E-state index in [9.17, 15) is 14.4 Å². The molecule has 3 rings (SSSR count). The second kappa shape index (κ2) is 6.26. The van der Waals surface area contributed by atoms with Crippen LogP contribution >= 0.6 is 23.2 Å². The summed E-state index contributed by atoms with van der Waals surface area (Å²) < 4.78 is 5.19. The zero-order valence-electron chi connectivity index (χ0n) is 12.5. The molecule has 1 heterocycles. The smallest absolute Gasteiger partial charge is 0.334 e. The first kappa shape index (κ1) is 16.5. The number of benzene rings is 2. The number of imide groups is 1. The first-order valence-electron chi connectivity index (χ1n) is 7.04. The molecule has 0 saturated heterocycles. The van der Waals surface area contributed by atoms with Crippen LogP contribution in [0.2, 0.25) is 10.0 Å². The highest BCUT2D eigenvalue weighted by atomic mass is 35.5. The van der Waals surface area contributed by atoms with Crippen molar-refractivity contribution in [1.29, 1.82) is 0 Å². The Kier molecular flexibility index (Phi) is 4.30.